The Balaban J connectivity index is 3.23. The Morgan fingerprint density at radius 3 is 2.58 bits per heavy atom. The van der Waals surface area contributed by atoms with Crippen LogP contribution in [0.4, 0.5) is 13.2 Å². The molecule has 0 radical (unpaired) electrons. The Morgan fingerprint density at radius 1 is 1.50 bits per heavy atom. The molecule has 1 aromatic rings. The fourth-order valence-corrected chi connectivity index (χ4v) is 1.38. The number of pyridine rings is 1. The van der Waals surface area contributed by atoms with Crippen molar-refractivity contribution in [2.24, 2.45) is 0 Å². The summed E-state index contributed by atoms with van der Waals surface area (Å²) < 4.78 is 36.6. The minimum Gasteiger partial charge on any atom is -0.216 e. The number of hydrogen-bond acceptors (Lipinski definition) is 1. The van der Waals surface area contributed by atoms with E-state index < -0.39 is 18.1 Å². The van der Waals surface area contributed by atoms with Crippen LogP contribution in [0.3, 0.4) is 0 Å². The van der Waals surface area contributed by atoms with Crippen LogP contribution in [0, 0.1) is 5.95 Å². The molecule has 12 heavy (non-hydrogen) atoms. The zero-order chi connectivity index (χ0) is 9.30. The van der Waals surface area contributed by atoms with Gasteiger partial charge in [-0.1, -0.05) is 11.6 Å². The van der Waals surface area contributed by atoms with E-state index >= 15 is 0 Å². The van der Waals surface area contributed by atoms with Crippen molar-refractivity contribution in [1.82, 2.24) is 4.98 Å². The summed E-state index contributed by atoms with van der Waals surface area (Å²) in [5, 5.41) is -0.286. The normalized spacial score (nSPS) is 10.8. The predicted octanol–water partition coefficient (Wildman–Crippen LogP) is 3.57. The maximum atomic E-state index is 12.5. The molecule has 0 spiro atoms. The lowest BCUT2D eigenvalue weighted by molar-refractivity contribution is 0.144. The molecule has 0 aliphatic rings. The highest BCUT2D eigenvalue weighted by atomic mass is 79.9. The summed E-state index contributed by atoms with van der Waals surface area (Å²) in [5.74, 6) is -1.09. The van der Waals surface area contributed by atoms with Crippen LogP contribution < -0.4 is 0 Å². The summed E-state index contributed by atoms with van der Waals surface area (Å²) in [6.45, 7) is 0. The number of rotatable bonds is 1. The molecule has 66 valence electrons. The van der Waals surface area contributed by atoms with E-state index in [4.69, 9.17) is 11.6 Å². The SMILES string of the molecule is Fc1nc(C(F)F)c(Br)cc1Cl. The van der Waals surface area contributed by atoms with Crippen molar-refractivity contribution < 1.29 is 13.2 Å². The fraction of sp³-hybridized carbons (Fsp3) is 0.167. The van der Waals surface area contributed by atoms with E-state index in [2.05, 4.69) is 20.9 Å². The predicted molar refractivity (Wildman–Crippen MR) is 41.9 cm³/mol. The van der Waals surface area contributed by atoms with Gasteiger partial charge in [-0.2, -0.15) is 4.39 Å². The second kappa shape index (κ2) is 3.62. The van der Waals surface area contributed by atoms with E-state index in [0.29, 0.717) is 0 Å². The zero-order valence-electron chi connectivity index (χ0n) is 5.49. The Bertz CT molecular complexity index is 305. The molecule has 0 aliphatic heterocycles. The first kappa shape index (κ1) is 9.80. The average molecular weight is 260 g/mol. The largest absolute Gasteiger partial charge is 0.281 e. The van der Waals surface area contributed by atoms with Crippen LogP contribution in [0.1, 0.15) is 12.1 Å². The Hall–Kier alpha value is -0.290. The van der Waals surface area contributed by atoms with Crippen LogP contribution in [0.15, 0.2) is 10.5 Å². The molecule has 0 unspecified atom stereocenters. The number of hydrogen-bond donors (Lipinski definition) is 0. The van der Waals surface area contributed by atoms with Crippen molar-refractivity contribution in [3.05, 3.63) is 27.2 Å². The summed E-state index contributed by atoms with van der Waals surface area (Å²) >= 11 is 8.07. The van der Waals surface area contributed by atoms with Crippen molar-refractivity contribution >= 4 is 27.5 Å². The third kappa shape index (κ3) is 1.90. The van der Waals surface area contributed by atoms with Gasteiger partial charge in [0, 0.05) is 4.47 Å². The molecule has 0 N–H and O–H groups in total. The Kier molecular flexibility index (Phi) is 2.95. The molecule has 0 saturated carbocycles. The molecule has 1 rings (SSSR count). The monoisotopic (exact) mass is 259 g/mol. The molecule has 0 aromatic carbocycles. The molecule has 1 aromatic heterocycles. The van der Waals surface area contributed by atoms with Crippen molar-refractivity contribution in [1.29, 1.82) is 0 Å². The van der Waals surface area contributed by atoms with Gasteiger partial charge in [-0.25, -0.2) is 13.8 Å². The summed E-state index contributed by atoms with van der Waals surface area (Å²) in [6.07, 6.45) is -2.81. The van der Waals surface area contributed by atoms with E-state index in [-0.39, 0.29) is 9.50 Å². The molecule has 0 atom stereocenters. The summed E-state index contributed by atoms with van der Waals surface area (Å²) in [7, 11) is 0. The second-order valence-electron chi connectivity index (χ2n) is 1.93. The number of aromatic nitrogens is 1. The van der Waals surface area contributed by atoms with Gasteiger partial charge in [-0.15, -0.1) is 0 Å². The van der Waals surface area contributed by atoms with Gasteiger partial charge < -0.3 is 0 Å². The maximum absolute atomic E-state index is 12.5. The van der Waals surface area contributed by atoms with Crippen LogP contribution in [-0.4, -0.2) is 4.98 Å². The lowest BCUT2D eigenvalue weighted by Crippen LogP contribution is -1.95. The quantitative estimate of drug-likeness (QED) is 0.703. The summed E-state index contributed by atoms with van der Waals surface area (Å²) in [6, 6.07) is 1.05. The molecule has 6 heteroatoms. The van der Waals surface area contributed by atoms with Crippen LogP contribution in [0.5, 0.6) is 0 Å². The van der Waals surface area contributed by atoms with Gasteiger partial charge in [0.15, 0.2) is 0 Å². The van der Waals surface area contributed by atoms with E-state index in [1.54, 1.807) is 0 Å². The van der Waals surface area contributed by atoms with Crippen molar-refractivity contribution in [2.45, 2.75) is 6.43 Å². The average Bonchev–Trinajstić information content (AvgIpc) is 1.96. The molecular weight excluding hydrogens is 258 g/mol. The molecule has 0 fully saturated rings. The molecule has 0 amide bonds. The molecule has 0 aliphatic carbocycles. The smallest absolute Gasteiger partial charge is 0.216 e. The van der Waals surface area contributed by atoms with Crippen LogP contribution in [-0.2, 0) is 0 Å². The van der Waals surface area contributed by atoms with Gasteiger partial charge >= 0.3 is 0 Å². The Labute approximate surface area is 79.7 Å². The first-order valence-electron chi connectivity index (χ1n) is 2.82. The first-order chi connectivity index (χ1) is 5.52. The van der Waals surface area contributed by atoms with Crippen molar-refractivity contribution in [3.8, 4) is 0 Å². The first-order valence-corrected chi connectivity index (χ1v) is 3.99. The second-order valence-corrected chi connectivity index (χ2v) is 3.19. The highest BCUT2D eigenvalue weighted by molar-refractivity contribution is 9.10. The Morgan fingerprint density at radius 2 is 2.08 bits per heavy atom. The molecule has 0 bridgehead atoms. The third-order valence-corrected chi connectivity index (χ3v) is 2.02. The lowest BCUT2D eigenvalue weighted by atomic mass is 10.3. The summed E-state index contributed by atoms with van der Waals surface area (Å²) in [5.41, 5.74) is -0.642. The van der Waals surface area contributed by atoms with E-state index in [1.165, 1.54) is 0 Å². The third-order valence-electron chi connectivity index (χ3n) is 1.12. The van der Waals surface area contributed by atoms with Crippen molar-refractivity contribution in [3.63, 3.8) is 0 Å². The van der Waals surface area contributed by atoms with Gasteiger partial charge in [0.2, 0.25) is 5.95 Å². The van der Waals surface area contributed by atoms with Gasteiger partial charge in [0.1, 0.15) is 5.69 Å². The molecule has 1 heterocycles. The highest BCUT2D eigenvalue weighted by Gasteiger charge is 2.16. The van der Waals surface area contributed by atoms with Crippen LogP contribution in [0.2, 0.25) is 5.02 Å². The number of halogens is 5. The van der Waals surface area contributed by atoms with Crippen molar-refractivity contribution in [2.75, 3.05) is 0 Å². The molecule has 1 nitrogen and oxygen atoms in total. The van der Waals surface area contributed by atoms with E-state index in [0.717, 1.165) is 6.07 Å². The minimum atomic E-state index is -2.81. The maximum Gasteiger partial charge on any atom is 0.281 e. The number of nitrogens with zero attached hydrogens (tertiary/aromatic N) is 1. The van der Waals surface area contributed by atoms with Gasteiger partial charge in [-0.05, 0) is 22.0 Å². The van der Waals surface area contributed by atoms with E-state index in [1.807, 2.05) is 0 Å². The molecular formula is C6H2BrClF3N. The van der Waals surface area contributed by atoms with Crippen LogP contribution in [0.25, 0.3) is 0 Å². The summed E-state index contributed by atoms with van der Waals surface area (Å²) in [4.78, 5) is 2.98. The highest BCUT2D eigenvalue weighted by Crippen LogP contribution is 2.28. The van der Waals surface area contributed by atoms with Gasteiger partial charge in [0.05, 0.1) is 5.02 Å². The number of alkyl halides is 2. The van der Waals surface area contributed by atoms with Crippen LogP contribution >= 0.6 is 27.5 Å². The standard InChI is InChI=1S/C6H2BrClF3N/c7-2-1-3(8)6(11)12-4(2)5(9)10/h1,5H. The topological polar surface area (TPSA) is 12.9 Å². The van der Waals surface area contributed by atoms with E-state index in [9.17, 15) is 13.2 Å². The lowest BCUT2D eigenvalue weighted by Gasteiger charge is -2.02. The molecule has 0 saturated heterocycles. The fourth-order valence-electron chi connectivity index (χ4n) is 0.610. The van der Waals surface area contributed by atoms with Gasteiger partial charge in [-0.3, -0.25) is 0 Å². The zero-order valence-corrected chi connectivity index (χ0v) is 7.83. The van der Waals surface area contributed by atoms with Gasteiger partial charge in [0.25, 0.3) is 6.43 Å². The minimum absolute atomic E-state index is 0.00361.